The molecule has 0 spiro atoms. The van der Waals surface area contributed by atoms with E-state index in [-0.39, 0.29) is 18.1 Å². The lowest BCUT2D eigenvalue weighted by molar-refractivity contribution is -0.384. The first-order chi connectivity index (χ1) is 8.73. The molecule has 1 atom stereocenters. The van der Waals surface area contributed by atoms with E-state index in [1.165, 1.54) is 6.20 Å². The van der Waals surface area contributed by atoms with Gasteiger partial charge < -0.3 is 10.4 Å². The number of rotatable bonds is 6. The quantitative estimate of drug-likeness (QED) is 0.610. The molecule has 1 aromatic heterocycles. The van der Waals surface area contributed by atoms with Crippen LogP contribution in [0.5, 0.6) is 0 Å². The highest BCUT2D eigenvalue weighted by atomic mass is 16.6. The highest BCUT2D eigenvalue weighted by Gasteiger charge is 2.24. The largest absolute Gasteiger partial charge is 0.388 e. The molecule has 6 nitrogen and oxygen atoms in total. The van der Waals surface area contributed by atoms with Gasteiger partial charge in [0.05, 0.1) is 10.5 Å². The van der Waals surface area contributed by atoms with Crippen molar-refractivity contribution >= 4 is 11.5 Å². The van der Waals surface area contributed by atoms with Crippen molar-refractivity contribution in [1.82, 2.24) is 4.98 Å². The van der Waals surface area contributed by atoms with Crippen LogP contribution in [0.4, 0.5) is 11.5 Å². The molecule has 1 heterocycles. The number of aryl methyl sites for hydroxylation is 1. The van der Waals surface area contributed by atoms with Crippen molar-refractivity contribution in [1.29, 1.82) is 0 Å². The zero-order valence-corrected chi connectivity index (χ0v) is 11.8. The summed E-state index contributed by atoms with van der Waals surface area (Å²) in [5, 5.41) is 24.1. The second-order valence-electron chi connectivity index (χ2n) is 5.53. The number of pyridine rings is 1. The Morgan fingerprint density at radius 2 is 2.21 bits per heavy atom. The molecule has 1 rings (SSSR count). The molecule has 0 aromatic carbocycles. The van der Waals surface area contributed by atoms with Crippen molar-refractivity contribution in [3.8, 4) is 0 Å². The minimum Gasteiger partial charge on any atom is -0.388 e. The van der Waals surface area contributed by atoms with Crippen LogP contribution in [0.2, 0.25) is 0 Å². The first-order valence-corrected chi connectivity index (χ1v) is 6.29. The number of aromatic nitrogens is 1. The van der Waals surface area contributed by atoms with Crippen LogP contribution in [0.15, 0.2) is 12.3 Å². The van der Waals surface area contributed by atoms with Crippen molar-refractivity contribution in [3.63, 3.8) is 0 Å². The van der Waals surface area contributed by atoms with Gasteiger partial charge in [0.2, 0.25) is 5.82 Å². The van der Waals surface area contributed by atoms with Crippen LogP contribution in [-0.2, 0) is 0 Å². The normalized spacial score (nSPS) is 14.2. The van der Waals surface area contributed by atoms with Crippen LogP contribution in [0.25, 0.3) is 0 Å². The van der Waals surface area contributed by atoms with Gasteiger partial charge in [0.25, 0.3) is 0 Å². The van der Waals surface area contributed by atoms with E-state index in [1.54, 1.807) is 19.9 Å². The topological polar surface area (TPSA) is 88.3 Å². The summed E-state index contributed by atoms with van der Waals surface area (Å²) >= 11 is 0. The molecule has 0 aliphatic heterocycles. The monoisotopic (exact) mass is 267 g/mol. The lowest BCUT2D eigenvalue weighted by atomic mass is 9.94. The number of nitrogens with zero attached hydrogens (tertiary/aromatic N) is 2. The van der Waals surface area contributed by atoms with Crippen molar-refractivity contribution in [2.45, 2.75) is 39.7 Å². The summed E-state index contributed by atoms with van der Waals surface area (Å²) in [7, 11) is 0. The molecule has 1 unspecified atom stereocenters. The lowest BCUT2D eigenvalue weighted by Crippen LogP contribution is -2.35. The van der Waals surface area contributed by atoms with Crippen LogP contribution >= 0.6 is 0 Å². The van der Waals surface area contributed by atoms with Gasteiger partial charge in [-0.1, -0.05) is 13.8 Å². The Labute approximate surface area is 113 Å². The smallest absolute Gasteiger partial charge is 0.314 e. The first kappa shape index (κ1) is 15.4. The fourth-order valence-electron chi connectivity index (χ4n) is 2.14. The Morgan fingerprint density at radius 3 is 2.74 bits per heavy atom. The number of hydrogen-bond donors (Lipinski definition) is 2. The molecule has 19 heavy (non-hydrogen) atoms. The molecular formula is C13H21N3O3. The third-order valence-electron chi connectivity index (χ3n) is 2.79. The highest BCUT2D eigenvalue weighted by molar-refractivity contribution is 5.59. The molecule has 0 fully saturated rings. The van der Waals surface area contributed by atoms with Crippen LogP contribution in [0.3, 0.4) is 0 Å². The van der Waals surface area contributed by atoms with Gasteiger partial charge in [0, 0.05) is 18.3 Å². The summed E-state index contributed by atoms with van der Waals surface area (Å²) in [4.78, 5) is 14.5. The average Bonchev–Trinajstić information content (AvgIpc) is 2.24. The number of nitro groups is 1. The zero-order valence-electron chi connectivity index (χ0n) is 11.8. The number of aliphatic hydroxyl groups is 1. The summed E-state index contributed by atoms with van der Waals surface area (Å²) in [5.74, 6) is 0.547. The van der Waals surface area contributed by atoms with E-state index in [1.807, 2.05) is 13.8 Å². The van der Waals surface area contributed by atoms with E-state index < -0.39 is 10.5 Å². The second kappa shape index (κ2) is 5.97. The van der Waals surface area contributed by atoms with E-state index in [4.69, 9.17) is 0 Å². The molecule has 106 valence electrons. The highest BCUT2D eigenvalue weighted by Crippen LogP contribution is 2.26. The first-order valence-electron chi connectivity index (χ1n) is 6.29. The van der Waals surface area contributed by atoms with Gasteiger partial charge in [-0.15, -0.1) is 0 Å². The fraction of sp³-hybridized carbons (Fsp3) is 0.615. The predicted molar refractivity (Wildman–Crippen MR) is 74.2 cm³/mol. The van der Waals surface area contributed by atoms with Crippen molar-refractivity contribution in [3.05, 3.63) is 27.9 Å². The Morgan fingerprint density at radius 1 is 1.58 bits per heavy atom. The Hall–Kier alpha value is -1.69. The molecule has 0 radical (unpaired) electrons. The van der Waals surface area contributed by atoms with Crippen molar-refractivity contribution in [2.75, 3.05) is 11.9 Å². The summed E-state index contributed by atoms with van der Waals surface area (Å²) in [6.07, 6.45) is 2.13. The maximum atomic E-state index is 11.0. The van der Waals surface area contributed by atoms with Crippen molar-refractivity contribution in [2.24, 2.45) is 5.92 Å². The van der Waals surface area contributed by atoms with E-state index in [9.17, 15) is 15.2 Å². The van der Waals surface area contributed by atoms with Gasteiger partial charge >= 0.3 is 5.69 Å². The second-order valence-corrected chi connectivity index (χ2v) is 5.53. The SMILES string of the molecule is Cc1ccnc(NCC(C)(O)CC(C)C)c1[N+](=O)[O-]. The predicted octanol–water partition coefficient (Wildman–Crippen LogP) is 2.51. The van der Waals surface area contributed by atoms with Crippen LogP contribution < -0.4 is 5.32 Å². The lowest BCUT2D eigenvalue weighted by Gasteiger charge is -2.25. The minimum atomic E-state index is -0.923. The van der Waals surface area contributed by atoms with Crippen molar-refractivity contribution < 1.29 is 10.0 Å². The summed E-state index contributed by atoms with van der Waals surface area (Å²) in [6.45, 7) is 7.63. The molecular weight excluding hydrogens is 246 g/mol. The third-order valence-corrected chi connectivity index (χ3v) is 2.79. The zero-order chi connectivity index (χ0) is 14.6. The van der Waals surface area contributed by atoms with Crippen LogP contribution in [0, 0.1) is 23.0 Å². The van der Waals surface area contributed by atoms with Crippen LogP contribution in [0.1, 0.15) is 32.8 Å². The molecule has 0 saturated carbocycles. The third kappa shape index (κ3) is 4.48. The van der Waals surface area contributed by atoms with E-state index in [0.29, 0.717) is 17.9 Å². The average molecular weight is 267 g/mol. The number of anilines is 1. The Kier molecular flexibility index (Phi) is 4.83. The maximum absolute atomic E-state index is 11.0. The number of nitrogens with one attached hydrogen (secondary N) is 1. The number of hydrogen-bond acceptors (Lipinski definition) is 5. The van der Waals surface area contributed by atoms with E-state index in [2.05, 4.69) is 10.3 Å². The van der Waals surface area contributed by atoms with Gasteiger partial charge in [0.1, 0.15) is 0 Å². The molecule has 6 heteroatoms. The summed E-state index contributed by atoms with van der Waals surface area (Å²) in [6, 6.07) is 1.59. The van der Waals surface area contributed by atoms with Gasteiger partial charge in [-0.05, 0) is 32.3 Å². The van der Waals surface area contributed by atoms with E-state index in [0.717, 1.165) is 0 Å². The maximum Gasteiger partial charge on any atom is 0.314 e. The van der Waals surface area contributed by atoms with E-state index >= 15 is 0 Å². The molecule has 0 aliphatic rings. The van der Waals surface area contributed by atoms with Gasteiger partial charge in [0.15, 0.2) is 0 Å². The Balaban J connectivity index is 2.84. The molecule has 0 bridgehead atoms. The molecule has 0 amide bonds. The molecule has 0 saturated heterocycles. The minimum absolute atomic E-state index is 0.0390. The van der Waals surface area contributed by atoms with Crippen LogP contribution in [-0.4, -0.2) is 27.2 Å². The van der Waals surface area contributed by atoms with Gasteiger partial charge in [-0.3, -0.25) is 10.1 Å². The molecule has 1 aromatic rings. The summed E-state index contributed by atoms with van der Waals surface area (Å²) in [5.41, 5.74) is -0.415. The van der Waals surface area contributed by atoms with Gasteiger partial charge in [-0.25, -0.2) is 4.98 Å². The van der Waals surface area contributed by atoms with Gasteiger partial charge in [-0.2, -0.15) is 0 Å². The Bertz CT molecular complexity index is 458. The fourth-order valence-corrected chi connectivity index (χ4v) is 2.14. The molecule has 2 N–H and O–H groups in total. The standard InChI is InChI=1S/C13H21N3O3/c1-9(2)7-13(4,17)8-15-12-11(16(18)19)10(3)5-6-14-12/h5-6,9,17H,7-8H2,1-4H3,(H,14,15). The summed E-state index contributed by atoms with van der Waals surface area (Å²) < 4.78 is 0. The molecule has 0 aliphatic carbocycles.